The highest BCUT2D eigenvalue weighted by molar-refractivity contribution is 6.31. The zero-order valence-electron chi connectivity index (χ0n) is 12.3. The number of fused-ring (bicyclic) bond motifs is 2. The highest BCUT2D eigenvalue weighted by Gasteiger charge is 2.36. The number of piperidine rings is 2. The number of benzene rings is 1. The molecule has 0 spiro atoms. The molecule has 21 heavy (non-hydrogen) atoms. The van der Waals surface area contributed by atoms with Crippen LogP contribution in [0.3, 0.4) is 0 Å². The predicted octanol–water partition coefficient (Wildman–Crippen LogP) is 2.67. The number of anilines is 1. The van der Waals surface area contributed by atoms with Crippen molar-refractivity contribution in [2.75, 3.05) is 12.8 Å². The lowest BCUT2D eigenvalue weighted by Crippen LogP contribution is -2.55. The van der Waals surface area contributed by atoms with Gasteiger partial charge in [-0.1, -0.05) is 18.0 Å². The number of amides is 1. The van der Waals surface area contributed by atoms with E-state index in [0.717, 1.165) is 12.8 Å². The molecule has 4 nitrogen and oxygen atoms in total. The summed E-state index contributed by atoms with van der Waals surface area (Å²) in [5.74, 6) is -0.0863. The molecule has 0 saturated carbocycles. The van der Waals surface area contributed by atoms with Gasteiger partial charge < -0.3 is 16.0 Å². The molecule has 1 aromatic carbocycles. The largest absolute Gasteiger partial charge is 0.398 e. The van der Waals surface area contributed by atoms with Crippen molar-refractivity contribution in [3.63, 3.8) is 0 Å². The van der Waals surface area contributed by atoms with Gasteiger partial charge in [0.1, 0.15) is 0 Å². The molecule has 0 aromatic heterocycles. The fourth-order valence-electron chi connectivity index (χ4n) is 3.74. The SMILES string of the molecule is CN1C2CCCC1CC(NC(=O)c1ccc(Cl)cc1N)C2. The zero-order chi connectivity index (χ0) is 15.0. The highest BCUT2D eigenvalue weighted by Crippen LogP contribution is 2.32. The van der Waals surface area contributed by atoms with E-state index in [4.69, 9.17) is 17.3 Å². The summed E-state index contributed by atoms with van der Waals surface area (Å²) in [6.45, 7) is 0. The molecule has 2 saturated heterocycles. The van der Waals surface area contributed by atoms with Crippen LogP contribution in [0.4, 0.5) is 5.69 Å². The zero-order valence-corrected chi connectivity index (χ0v) is 13.1. The molecule has 3 rings (SSSR count). The smallest absolute Gasteiger partial charge is 0.253 e. The van der Waals surface area contributed by atoms with E-state index < -0.39 is 0 Å². The highest BCUT2D eigenvalue weighted by atomic mass is 35.5. The average molecular weight is 308 g/mol. The van der Waals surface area contributed by atoms with Crippen LogP contribution in [0.5, 0.6) is 0 Å². The van der Waals surface area contributed by atoms with Gasteiger partial charge in [-0.2, -0.15) is 0 Å². The molecule has 0 radical (unpaired) electrons. The Morgan fingerprint density at radius 1 is 1.33 bits per heavy atom. The van der Waals surface area contributed by atoms with Crippen molar-refractivity contribution in [3.05, 3.63) is 28.8 Å². The first kappa shape index (κ1) is 14.7. The number of carbonyl (C=O) groups is 1. The Morgan fingerprint density at radius 2 is 2.00 bits per heavy atom. The van der Waals surface area contributed by atoms with E-state index in [1.807, 2.05) is 0 Å². The number of hydrogen-bond acceptors (Lipinski definition) is 3. The van der Waals surface area contributed by atoms with Gasteiger partial charge in [-0.3, -0.25) is 4.79 Å². The van der Waals surface area contributed by atoms with Gasteiger partial charge >= 0.3 is 0 Å². The Balaban J connectivity index is 1.68. The van der Waals surface area contributed by atoms with Gasteiger partial charge in [0.25, 0.3) is 5.91 Å². The lowest BCUT2D eigenvalue weighted by atomic mass is 9.82. The molecule has 1 aromatic rings. The van der Waals surface area contributed by atoms with E-state index >= 15 is 0 Å². The molecule has 2 atom stereocenters. The van der Waals surface area contributed by atoms with E-state index in [0.29, 0.717) is 28.4 Å². The summed E-state index contributed by atoms with van der Waals surface area (Å²) in [6.07, 6.45) is 5.86. The topological polar surface area (TPSA) is 58.4 Å². The quantitative estimate of drug-likeness (QED) is 0.826. The van der Waals surface area contributed by atoms with E-state index in [1.54, 1.807) is 18.2 Å². The van der Waals surface area contributed by atoms with Crippen molar-refractivity contribution in [3.8, 4) is 0 Å². The summed E-state index contributed by atoms with van der Waals surface area (Å²) >= 11 is 5.88. The summed E-state index contributed by atoms with van der Waals surface area (Å²) in [4.78, 5) is 14.9. The number of nitrogens with one attached hydrogen (secondary N) is 1. The van der Waals surface area contributed by atoms with Gasteiger partial charge in [0.05, 0.1) is 5.56 Å². The van der Waals surface area contributed by atoms with Crippen LogP contribution in [-0.2, 0) is 0 Å². The van der Waals surface area contributed by atoms with Gasteiger partial charge in [0.15, 0.2) is 0 Å². The maximum Gasteiger partial charge on any atom is 0.253 e. The van der Waals surface area contributed by atoms with Crippen LogP contribution in [0, 0.1) is 0 Å². The lowest BCUT2D eigenvalue weighted by Gasteiger charge is -2.47. The molecular weight excluding hydrogens is 286 g/mol. The molecule has 2 aliphatic rings. The number of hydrogen-bond donors (Lipinski definition) is 2. The number of halogens is 1. The van der Waals surface area contributed by atoms with Crippen LogP contribution in [0.1, 0.15) is 42.5 Å². The Morgan fingerprint density at radius 3 is 2.62 bits per heavy atom. The monoisotopic (exact) mass is 307 g/mol. The van der Waals surface area contributed by atoms with Crippen molar-refractivity contribution < 1.29 is 4.79 Å². The maximum absolute atomic E-state index is 12.4. The molecular formula is C16H22ClN3O. The van der Waals surface area contributed by atoms with E-state index in [2.05, 4.69) is 17.3 Å². The molecule has 2 aliphatic heterocycles. The van der Waals surface area contributed by atoms with Gasteiger partial charge in [-0.05, 0) is 50.9 Å². The second-order valence-corrected chi connectivity index (χ2v) is 6.71. The van der Waals surface area contributed by atoms with Crippen molar-refractivity contribution in [1.29, 1.82) is 0 Å². The molecule has 3 N–H and O–H groups in total. The molecule has 2 heterocycles. The first-order valence-corrected chi connectivity index (χ1v) is 8.00. The number of carbonyl (C=O) groups excluding carboxylic acids is 1. The second-order valence-electron chi connectivity index (χ2n) is 6.28. The molecule has 114 valence electrons. The summed E-state index contributed by atoms with van der Waals surface area (Å²) in [5, 5.41) is 3.71. The Labute approximate surface area is 130 Å². The molecule has 1 amide bonds. The van der Waals surface area contributed by atoms with Gasteiger partial charge in [-0.25, -0.2) is 0 Å². The summed E-state index contributed by atoms with van der Waals surface area (Å²) in [7, 11) is 2.21. The molecule has 0 aliphatic carbocycles. The average Bonchev–Trinajstić information content (AvgIpc) is 2.39. The fourth-order valence-corrected chi connectivity index (χ4v) is 3.92. The lowest BCUT2D eigenvalue weighted by molar-refractivity contribution is 0.0463. The minimum Gasteiger partial charge on any atom is -0.398 e. The summed E-state index contributed by atoms with van der Waals surface area (Å²) in [5.41, 5.74) is 6.84. The minimum absolute atomic E-state index is 0.0863. The number of nitrogens with zero attached hydrogens (tertiary/aromatic N) is 1. The molecule has 5 heteroatoms. The number of rotatable bonds is 2. The van der Waals surface area contributed by atoms with Crippen molar-refractivity contribution in [1.82, 2.24) is 10.2 Å². The Bertz CT molecular complexity index is 534. The summed E-state index contributed by atoms with van der Waals surface area (Å²) in [6, 6.07) is 6.48. The second kappa shape index (κ2) is 5.85. The van der Waals surface area contributed by atoms with Crippen LogP contribution in [-0.4, -0.2) is 36.0 Å². The third kappa shape index (κ3) is 3.01. The van der Waals surface area contributed by atoms with Gasteiger partial charge in [0, 0.05) is 28.8 Å². The maximum atomic E-state index is 12.4. The van der Waals surface area contributed by atoms with Crippen molar-refractivity contribution in [2.24, 2.45) is 0 Å². The van der Waals surface area contributed by atoms with Crippen LogP contribution in [0.25, 0.3) is 0 Å². The first-order valence-electron chi connectivity index (χ1n) is 7.62. The normalized spacial score (nSPS) is 29.1. The van der Waals surface area contributed by atoms with E-state index in [-0.39, 0.29) is 11.9 Å². The standard InChI is InChI=1S/C16H22ClN3O/c1-20-12-3-2-4-13(20)9-11(8-12)19-16(21)14-6-5-10(17)7-15(14)18/h5-7,11-13H,2-4,8-9,18H2,1H3,(H,19,21). The third-order valence-electron chi connectivity index (χ3n) is 4.93. The van der Waals surface area contributed by atoms with Crippen LogP contribution in [0.2, 0.25) is 5.02 Å². The number of nitrogen functional groups attached to an aromatic ring is 1. The fraction of sp³-hybridized carbons (Fsp3) is 0.562. The van der Waals surface area contributed by atoms with E-state index in [9.17, 15) is 4.79 Å². The number of nitrogens with two attached hydrogens (primary N) is 1. The van der Waals surface area contributed by atoms with Crippen molar-refractivity contribution >= 4 is 23.2 Å². The Hall–Kier alpha value is -1.26. The van der Waals surface area contributed by atoms with Crippen LogP contribution >= 0.6 is 11.6 Å². The van der Waals surface area contributed by atoms with Crippen molar-refractivity contribution in [2.45, 2.75) is 50.2 Å². The first-order chi connectivity index (χ1) is 10.0. The van der Waals surface area contributed by atoms with Gasteiger partial charge in [-0.15, -0.1) is 0 Å². The molecule has 2 bridgehead atoms. The van der Waals surface area contributed by atoms with E-state index in [1.165, 1.54) is 19.3 Å². The Kier molecular flexibility index (Phi) is 4.09. The van der Waals surface area contributed by atoms with Gasteiger partial charge in [0.2, 0.25) is 0 Å². The summed E-state index contributed by atoms with van der Waals surface area (Å²) < 4.78 is 0. The predicted molar refractivity (Wildman–Crippen MR) is 85.5 cm³/mol. The van der Waals surface area contributed by atoms with Crippen LogP contribution in [0.15, 0.2) is 18.2 Å². The minimum atomic E-state index is -0.0863. The molecule has 2 unspecified atom stereocenters. The van der Waals surface area contributed by atoms with Crippen LogP contribution < -0.4 is 11.1 Å². The molecule has 2 fully saturated rings. The third-order valence-corrected chi connectivity index (χ3v) is 5.17.